The largest absolute Gasteiger partial charge is 0.493 e. The molecule has 0 radical (unpaired) electrons. The van der Waals surface area contributed by atoms with Gasteiger partial charge < -0.3 is 14.8 Å². The molecule has 0 bridgehead atoms. The van der Waals surface area contributed by atoms with Gasteiger partial charge in [-0.05, 0) is 43.0 Å². The quantitative estimate of drug-likeness (QED) is 0.730. The van der Waals surface area contributed by atoms with Crippen LogP contribution < -0.4 is 14.8 Å². The monoisotopic (exact) mass is 317 g/mol. The molecule has 2 rings (SSSR count). The van der Waals surface area contributed by atoms with Crippen LogP contribution in [-0.2, 0) is 17.6 Å². The van der Waals surface area contributed by atoms with Crippen molar-refractivity contribution in [2.45, 2.75) is 26.2 Å². The maximum Gasteiger partial charge on any atom is 0.224 e. The molecule has 6 nitrogen and oxygen atoms in total. The number of aromatic nitrogens is 2. The molecule has 0 aliphatic rings. The van der Waals surface area contributed by atoms with E-state index >= 15 is 0 Å². The lowest BCUT2D eigenvalue weighted by atomic mass is 10.1. The zero-order valence-corrected chi connectivity index (χ0v) is 13.8. The summed E-state index contributed by atoms with van der Waals surface area (Å²) >= 11 is 0. The average Bonchev–Trinajstić information content (AvgIpc) is 2.96. The molecule has 0 fully saturated rings. The number of aryl methyl sites for hydroxylation is 2. The Morgan fingerprint density at radius 3 is 2.70 bits per heavy atom. The molecule has 0 aliphatic heterocycles. The Labute approximate surface area is 136 Å². The standard InChI is InChI=1S/C17H23N3O3/c1-12-14(11-19-20-12)5-4-8-18-17(21)10-13-6-7-15(22-2)16(9-13)23-3/h6-7,9,11H,4-5,8,10H2,1-3H3,(H,18,21)(H,19,20). The molecular weight excluding hydrogens is 294 g/mol. The van der Waals surface area contributed by atoms with Crippen molar-refractivity contribution in [2.75, 3.05) is 20.8 Å². The summed E-state index contributed by atoms with van der Waals surface area (Å²) in [5.74, 6) is 1.29. The van der Waals surface area contributed by atoms with E-state index in [-0.39, 0.29) is 5.91 Å². The summed E-state index contributed by atoms with van der Waals surface area (Å²) in [6.07, 6.45) is 3.95. The van der Waals surface area contributed by atoms with Gasteiger partial charge in [0, 0.05) is 12.2 Å². The maximum absolute atomic E-state index is 12.0. The van der Waals surface area contributed by atoms with Gasteiger partial charge in [-0.3, -0.25) is 9.89 Å². The first-order valence-corrected chi connectivity index (χ1v) is 7.60. The third-order valence-electron chi connectivity index (χ3n) is 3.69. The Balaban J connectivity index is 1.77. The first-order valence-electron chi connectivity index (χ1n) is 7.60. The van der Waals surface area contributed by atoms with Crippen LogP contribution in [0.25, 0.3) is 0 Å². The summed E-state index contributed by atoms with van der Waals surface area (Å²) in [6.45, 7) is 2.65. The highest BCUT2D eigenvalue weighted by atomic mass is 16.5. The van der Waals surface area contributed by atoms with Crippen LogP contribution >= 0.6 is 0 Å². The third-order valence-corrected chi connectivity index (χ3v) is 3.69. The van der Waals surface area contributed by atoms with E-state index in [0.717, 1.165) is 24.1 Å². The molecule has 1 amide bonds. The zero-order valence-electron chi connectivity index (χ0n) is 13.8. The van der Waals surface area contributed by atoms with Crippen LogP contribution in [0.2, 0.25) is 0 Å². The average molecular weight is 317 g/mol. The number of carbonyl (C=O) groups excluding carboxylic acids is 1. The summed E-state index contributed by atoms with van der Waals surface area (Å²) in [4.78, 5) is 12.0. The van der Waals surface area contributed by atoms with Crippen LogP contribution in [0.5, 0.6) is 11.5 Å². The van der Waals surface area contributed by atoms with Crippen LogP contribution in [0.1, 0.15) is 23.2 Å². The topological polar surface area (TPSA) is 76.2 Å². The van der Waals surface area contributed by atoms with E-state index in [2.05, 4.69) is 15.5 Å². The molecule has 6 heteroatoms. The van der Waals surface area contributed by atoms with Gasteiger partial charge >= 0.3 is 0 Å². The predicted molar refractivity (Wildman–Crippen MR) is 87.9 cm³/mol. The molecule has 0 saturated heterocycles. The highest BCUT2D eigenvalue weighted by Gasteiger charge is 2.08. The fourth-order valence-corrected chi connectivity index (χ4v) is 2.37. The Bertz CT molecular complexity index is 652. The van der Waals surface area contributed by atoms with Gasteiger partial charge in [0.05, 0.1) is 26.8 Å². The van der Waals surface area contributed by atoms with Crippen molar-refractivity contribution in [1.29, 1.82) is 0 Å². The highest BCUT2D eigenvalue weighted by molar-refractivity contribution is 5.78. The molecule has 23 heavy (non-hydrogen) atoms. The minimum atomic E-state index is 0.00105. The van der Waals surface area contributed by atoms with Crippen LogP contribution in [0, 0.1) is 6.92 Å². The van der Waals surface area contributed by atoms with Crippen molar-refractivity contribution >= 4 is 5.91 Å². The second-order valence-electron chi connectivity index (χ2n) is 5.34. The number of nitrogens with zero attached hydrogens (tertiary/aromatic N) is 1. The van der Waals surface area contributed by atoms with Crippen molar-refractivity contribution in [3.8, 4) is 11.5 Å². The molecule has 2 N–H and O–H groups in total. The van der Waals surface area contributed by atoms with E-state index in [1.54, 1.807) is 14.2 Å². The lowest BCUT2D eigenvalue weighted by molar-refractivity contribution is -0.120. The predicted octanol–water partition coefficient (Wildman–Crippen LogP) is 2.03. The van der Waals surface area contributed by atoms with Crippen molar-refractivity contribution in [3.05, 3.63) is 41.2 Å². The van der Waals surface area contributed by atoms with Gasteiger partial charge in [0.2, 0.25) is 5.91 Å². The van der Waals surface area contributed by atoms with Gasteiger partial charge in [0.1, 0.15) is 0 Å². The fourth-order valence-electron chi connectivity index (χ4n) is 2.37. The number of carbonyl (C=O) groups is 1. The minimum absolute atomic E-state index is 0.00105. The molecule has 0 unspecified atom stereocenters. The number of ether oxygens (including phenoxy) is 2. The summed E-state index contributed by atoms with van der Waals surface area (Å²) in [5, 5.41) is 9.84. The lowest BCUT2D eigenvalue weighted by Crippen LogP contribution is -2.26. The van der Waals surface area contributed by atoms with Crippen LogP contribution in [-0.4, -0.2) is 36.9 Å². The molecule has 0 aliphatic carbocycles. The van der Waals surface area contributed by atoms with E-state index in [4.69, 9.17) is 9.47 Å². The molecular formula is C17H23N3O3. The normalized spacial score (nSPS) is 10.4. The number of methoxy groups -OCH3 is 2. The third kappa shape index (κ3) is 4.74. The van der Waals surface area contributed by atoms with Gasteiger partial charge in [-0.15, -0.1) is 0 Å². The van der Waals surface area contributed by atoms with Crippen LogP contribution in [0.4, 0.5) is 0 Å². The Kier molecular flexibility index (Phi) is 6.02. The summed E-state index contributed by atoms with van der Waals surface area (Å²) in [6, 6.07) is 5.51. The number of hydrogen-bond donors (Lipinski definition) is 2. The summed E-state index contributed by atoms with van der Waals surface area (Å²) in [5.41, 5.74) is 3.17. The Hall–Kier alpha value is -2.50. The number of benzene rings is 1. The molecule has 0 spiro atoms. The number of nitrogens with one attached hydrogen (secondary N) is 2. The highest BCUT2D eigenvalue weighted by Crippen LogP contribution is 2.27. The van der Waals surface area contributed by atoms with E-state index < -0.39 is 0 Å². The van der Waals surface area contributed by atoms with Gasteiger partial charge in [-0.2, -0.15) is 5.10 Å². The number of hydrogen-bond acceptors (Lipinski definition) is 4. The van der Waals surface area contributed by atoms with Crippen molar-refractivity contribution in [2.24, 2.45) is 0 Å². The first-order chi connectivity index (χ1) is 11.1. The van der Waals surface area contributed by atoms with Crippen molar-refractivity contribution in [1.82, 2.24) is 15.5 Å². The molecule has 124 valence electrons. The fraction of sp³-hybridized carbons (Fsp3) is 0.412. The number of H-pyrrole nitrogens is 1. The Morgan fingerprint density at radius 2 is 2.04 bits per heavy atom. The van der Waals surface area contributed by atoms with E-state index in [0.29, 0.717) is 24.5 Å². The molecule has 1 aromatic heterocycles. The molecule has 0 atom stereocenters. The van der Waals surface area contributed by atoms with Crippen LogP contribution in [0.15, 0.2) is 24.4 Å². The molecule has 1 heterocycles. The second kappa shape index (κ2) is 8.22. The second-order valence-corrected chi connectivity index (χ2v) is 5.34. The van der Waals surface area contributed by atoms with Gasteiger partial charge in [-0.25, -0.2) is 0 Å². The minimum Gasteiger partial charge on any atom is -0.493 e. The van der Waals surface area contributed by atoms with Gasteiger partial charge in [0.15, 0.2) is 11.5 Å². The van der Waals surface area contributed by atoms with Crippen molar-refractivity contribution in [3.63, 3.8) is 0 Å². The Morgan fingerprint density at radius 1 is 1.26 bits per heavy atom. The summed E-state index contributed by atoms with van der Waals surface area (Å²) in [7, 11) is 3.17. The summed E-state index contributed by atoms with van der Waals surface area (Å²) < 4.78 is 10.4. The maximum atomic E-state index is 12.0. The first kappa shape index (κ1) is 16.9. The lowest BCUT2D eigenvalue weighted by Gasteiger charge is -2.10. The van der Waals surface area contributed by atoms with E-state index in [1.165, 1.54) is 5.56 Å². The molecule has 1 aromatic carbocycles. The smallest absolute Gasteiger partial charge is 0.224 e. The zero-order chi connectivity index (χ0) is 16.7. The number of rotatable bonds is 8. The van der Waals surface area contributed by atoms with Crippen LogP contribution in [0.3, 0.4) is 0 Å². The van der Waals surface area contributed by atoms with E-state index in [9.17, 15) is 4.79 Å². The SMILES string of the molecule is COc1ccc(CC(=O)NCCCc2cn[nH]c2C)cc1OC. The number of aromatic amines is 1. The van der Waals surface area contributed by atoms with Gasteiger partial charge in [0.25, 0.3) is 0 Å². The molecule has 2 aromatic rings. The van der Waals surface area contributed by atoms with Crippen molar-refractivity contribution < 1.29 is 14.3 Å². The van der Waals surface area contributed by atoms with Gasteiger partial charge in [-0.1, -0.05) is 6.07 Å². The number of amides is 1. The van der Waals surface area contributed by atoms with E-state index in [1.807, 2.05) is 31.3 Å². The molecule has 0 saturated carbocycles.